The summed E-state index contributed by atoms with van der Waals surface area (Å²) < 4.78 is 5.11. The number of anilines is 1. The van der Waals surface area contributed by atoms with Gasteiger partial charge in [-0.1, -0.05) is 34.8 Å². The number of halogens is 3. The Labute approximate surface area is 131 Å². The lowest BCUT2D eigenvalue weighted by Gasteiger charge is -2.09. The highest BCUT2D eigenvalue weighted by molar-refractivity contribution is 6.44. The third-order valence-electron chi connectivity index (χ3n) is 2.49. The Hall–Kier alpha value is -1.36. The van der Waals surface area contributed by atoms with Gasteiger partial charge in [-0.05, 0) is 24.3 Å². The van der Waals surface area contributed by atoms with Crippen LogP contribution in [0.15, 0.2) is 34.9 Å². The standard InChI is InChI=1S/C13H11Cl3N2O2/c14-9-4-11(16)12(5-10(9)15)17-7-13(19)18-6-8-2-1-3-20-8/h1-5,17H,6-7H2,(H,18,19). The van der Waals surface area contributed by atoms with Gasteiger partial charge in [-0.3, -0.25) is 4.79 Å². The minimum atomic E-state index is -0.191. The molecule has 0 unspecified atom stereocenters. The van der Waals surface area contributed by atoms with Gasteiger partial charge in [0, 0.05) is 0 Å². The van der Waals surface area contributed by atoms with E-state index in [4.69, 9.17) is 39.2 Å². The summed E-state index contributed by atoms with van der Waals surface area (Å²) in [6.07, 6.45) is 1.55. The van der Waals surface area contributed by atoms with Crippen LogP contribution in [-0.4, -0.2) is 12.5 Å². The number of carbonyl (C=O) groups excluding carboxylic acids is 1. The molecule has 0 aliphatic carbocycles. The summed E-state index contributed by atoms with van der Waals surface area (Å²) in [5, 5.41) is 6.73. The summed E-state index contributed by atoms with van der Waals surface area (Å²) in [7, 11) is 0. The number of hydrogen-bond donors (Lipinski definition) is 2. The lowest BCUT2D eigenvalue weighted by Crippen LogP contribution is -2.29. The van der Waals surface area contributed by atoms with Crippen molar-refractivity contribution in [3.8, 4) is 0 Å². The van der Waals surface area contributed by atoms with Crippen molar-refractivity contribution < 1.29 is 9.21 Å². The molecule has 0 bridgehead atoms. The number of rotatable bonds is 5. The largest absolute Gasteiger partial charge is 0.467 e. The van der Waals surface area contributed by atoms with Crippen molar-refractivity contribution >= 4 is 46.4 Å². The smallest absolute Gasteiger partial charge is 0.239 e. The molecule has 0 aliphatic heterocycles. The molecule has 7 heteroatoms. The van der Waals surface area contributed by atoms with Crippen molar-refractivity contribution in [1.82, 2.24) is 5.32 Å². The molecule has 2 N–H and O–H groups in total. The quantitative estimate of drug-likeness (QED) is 0.814. The van der Waals surface area contributed by atoms with E-state index in [0.717, 1.165) is 0 Å². The molecule has 1 heterocycles. The van der Waals surface area contributed by atoms with Crippen molar-refractivity contribution in [3.63, 3.8) is 0 Å². The molecule has 0 radical (unpaired) electrons. The maximum Gasteiger partial charge on any atom is 0.239 e. The first kappa shape index (κ1) is 15.0. The van der Waals surface area contributed by atoms with E-state index in [2.05, 4.69) is 10.6 Å². The van der Waals surface area contributed by atoms with Gasteiger partial charge in [0.25, 0.3) is 0 Å². The van der Waals surface area contributed by atoms with Crippen molar-refractivity contribution in [2.75, 3.05) is 11.9 Å². The number of benzene rings is 1. The predicted molar refractivity (Wildman–Crippen MR) is 80.5 cm³/mol. The van der Waals surface area contributed by atoms with E-state index in [1.54, 1.807) is 24.5 Å². The lowest BCUT2D eigenvalue weighted by atomic mass is 10.3. The summed E-state index contributed by atoms with van der Waals surface area (Å²) in [5.41, 5.74) is 0.550. The summed E-state index contributed by atoms with van der Waals surface area (Å²) in [5.74, 6) is 0.495. The van der Waals surface area contributed by atoms with Gasteiger partial charge in [0.15, 0.2) is 0 Å². The zero-order valence-electron chi connectivity index (χ0n) is 10.3. The fraction of sp³-hybridized carbons (Fsp3) is 0.154. The van der Waals surface area contributed by atoms with Crippen LogP contribution in [0.1, 0.15) is 5.76 Å². The van der Waals surface area contributed by atoms with Crippen LogP contribution < -0.4 is 10.6 Å². The van der Waals surface area contributed by atoms with Crippen LogP contribution in [0.4, 0.5) is 5.69 Å². The molecule has 0 saturated heterocycles. The van der Waals surface area contributed by atoms with Crippen molar-refractivity contribution in [1.29, 1.82) is 0 Å². The SMILES string of the molecule is O=C(CNc1cc(Cl)c(Cl)cc1Cl)NCc1ccco1. The zero-order chi connectivity index (χ0) is 14.5. The zero-order valence-corrected chi connectivity index (χ0v) is 12.5. The molecule has 1 aromatic heterocycles. The molecule has 0 saturated carbocycles. The Balaban J connectivity index is 1.85. The van der Waals surface area contributed by atoms with E-state index in [9.17, 15) is 4.79 Å². The average Bonchev–Trinajstić information content (AvgIpc) is 2.92. The fourth-order valence-electron chi connectivity index (χ4n) is 1.49. The van der Waals surface area contributed by atoms with Gasteiger partial charge in [-0.25, -0.2) is 0 Å². The monoisotopic (exact) mass is 332 g/mol. The second-order valence-corrected chi connectivity index (χ2v) is 5.18. The first-order chi connectivity index (χ1) is 9.56. The van der Waals surface area contributed by atoms with Crippen LogP contribution in [0.2, 0.25) is 15.1 Å². The average molecular weight is 334 g/mol. The molecule has 0 atom stereocenters. The molecule has 2 aromatic rings. The minimum absolute atomic E-state index is 0.0678. The number of amides is 1. The second kappa shape index (κ2) is 6.88. The number of hydrogen-bond acceptors (Lipinski definition) is 3. The fourth-order valence-corrected chi connectivity index (χ4v) is 2.11. The van der Waals surface area contributed by atoms with Crippen LogP contribution >= 0.6 is 34.8 Å². The van der Waals surface area contributed by atoms with E-state index in [0.29, 0.717) is 33.1 Å². The second-order valence-electron chi connectivity index (χ2n) is 3.96. The third kappa shape index (κ3) is 4.07. The number of nitrogens with one attached hydrogen (secondary N) is 2. The minimum Gasteiger partial charge on any atom is -0.467 e. The van der Waals surface area contributed by atoms with Crippen LogP contribution in [0.5, 0.6) is 0 Å². The Morgan fingerprint density at radius 2 is 1.90 bits per heavy atom. The molecule has 0 aliphatic rings. The molecule has 106 valence electrons. The molecule has 4 nitrogen and oxygen atoms in total. The predicted octanol–water partition coefficient (Wildman–Crippen LogP) is 3.97. The number of furan rings is 1. The molecule has 1 aromatic carbocycles. The summed E-state index contributed by atoms with van der Waals surface area (Å²) in [6, 6.07) is 6.64. The van der Waals surface area contributed by atoms with E-state index in [1.165, 1.54) is 6.07 Å². The first-order valence-corrected chi connectivity index (χ1v) is 6.87. The molecule has 20 heavy (non-hydrogen) atoms. The van der Waals surface area contributed by atoms with Crippen LogP contribution in [-0.2, 0) is 11.3 Å². The van der Waals surface area contributed by atoms with Crippen molar-refractivity contribution in [2.24, 2.45) is 0 Å². The lowest BCUT2D eigenvalue weighted by molar-refractivity contribution is -0.119. The highest BCUT2D eigenvalue weighted by atomic mass is 35.5. The Bertz CT molecular complexity index is 600. The van der Waals surface area contributed by atoms with E-state index in [-0.39, 0.29) is 12.5 Å². The van der Waals surface area contributed by atoms with Gasteiger partial charge >= 0.3 is 0 Å². The van der Waals surface area contributed by atoms with E-state index in [1.807, 2.05) is 0 Å². The van der Waals surface area contributed by atoms with E-state index < -0.39 is 0 Å². The van der Waals surface area contributed by atoms with Gasteiger partial charge in [0.2, 0.25) is 5.91 Å². The highest BCUT2D eigenvalue weighted by Gasteiger charge is 2.08. The molecule has 2 rings (SSSR count). The van der Waals surface area contributed by atoms with Crippen molar-refractivity contribution in [3.05, 3.63) is 51.4 Å². The summed E-state index contributed by atoms with van der Waals surface area (Å²) in [4.78, 5) is 11.7. The van der Waals surface area contributed by atoms with Crippen molar-refractivity contribution in [2.45, 2.75) is 6.54 Å². The third-order valence-corrected chi connectivity index (χ3v) is 3.52. The van der Waals surface area contributed by atoms with Gasteiger partial charge in [0.05, 0.1) is 40.1 Å². The molecule has 0 fully saturated rings. The Kier molecular flexibility index (Phi) is 5.17. The Morgan fingerprint density at radius 1 is 1.15 bits per heavy atom. The van der Waals surface area contributed by atoms with Crippen LogP contribution in [0.3, 0.4) is 0 Å². The van der Waals surface area contributed by atoms with Gasteiger partial charge in [-0.15, -0.1) is 0 Å². The maximum absolute atomic E-state index is 11.7. The van der Waals surface area contributed by atoms with Gasteiger partial charge in [0.1, 0.15) is 5.76 Å². The first-order valence-electron chi connectivity index (χ1n) is 5.74. The van der Waals surface area contributed by atoms with Gasteiger partial charge < -0.3 is 15.1 Å². The van der Waals surface area contributed by atoms with Gasteiger partial charge in [-0.2, -0.15) is 0 Å². The van der Waals surface area contributed by atoms with E-state index >= 15 is 0 Å². The molecular weight excluding hydrogens is 323 g/mol. The summed E-state index contributed by atoms with van der Waals surface area (Å²) >= 11 is 17.7. The topological polar surface area (TPSA) is 54.3 Å². The van der Waals surface area contributed by atoms with Crippen LogP contribution in [0.25, 0.3) is 0 Å². The maximum atomic E-state index is 11.7. The van der Waals surface area contributed by atoms with Crippen LogP contribution in [0, 0.1) is 0 Å². The summed E-state index contributed by atoms with van der Waals surface area (Å²) in [6.45, 7) is 0.404. The number of carbonyl (C=O) groups is 1. The normalized spacial score (nSPS) is 10.3. The highest BCUT2D eigenvalue weighted by Crippen LogP contribution is 2.31. The molecular formula is C13H11Cl3N2O2. The molecule has 1 amide bonds. The molecule has 0 spiro atoms. The Morgan fingerprint density at radius 3 is 2.60 bits per heavy atom.